The van der Waals surface area contributed by atoms with Crippen LogP contribution in [0.3, 0.4) is 0 Å². The van der Waals surface area contributed by atoms with Gasteiger partial charge >= 0.3 is 0 Å². The molecular weight excluding hydrogens is 512 g/mol. The Kier molecular flexibility index (Phi) is 9.31. The predicted octanol–water partition coefficient (Wildman–Crippen LogP) is 3.15. The van der Waals surface area contributed by atoms with Crippen LogP contribution >= 0.6 is 0 Å². The first-order valence-electron chi connectivity index (χ1n) is 12.4. The highest BCUT2D eigenvalue weighted by Crippen LogP contribution is 2.34. The third kappa shape index (κ3) is 7.00. The van der Waals surface area contributed by atoms with Crippen molar-refractivity contribution in [1.82, 2.24) is 10.2 Å². The van der Waals surface area contributed by atoms with Crippen LogP contribution in [-0.4, -0.2) is 62.0 Å². The molecule has 1 unspecified atom stereocenters. The molecule has 2 aromatic rings. The summed E-state index contributed by atoms with van der Waals surface area (Å²) in [5, 5.41) is 14.4. The zero-order valence-electron chi connectivity index (χ0n) is 22.0. The maximum absolute atomic E-state index is 13.8. The molecule has 1 aliphatic rings. The second-order valence-electron chi connectivity index (χ2n) is 9.50. The minimum absolute atomic E-state index is 0.0435. The molecule has 0 heterocycles. The van der Waals surface area contributed by atoms with Gasteiger partial charge in [-0.3, -0.25) is 24.0 Å². The van der Waals surface area contributed by atoms with Crippen molar-refractivity contribution < 1.29 is 27.7 Å². The molecule has 0 bridgehead atoms. The molecule has 1 atom stereocenters. The second kappa shape index (κ2) is 12.2. The molecule has 1 N–H and O–H groups in total. The Morgan fingerprint density at radius 3 is 2.42 bits per heavy atom. The van der Waals surface area contributed by atoms with Crippen molar-refractivity contribution in [2.24, 2.45) is 0 Å². The normalized spacial score (nSPS) is 14.5. The molecule has 206 valence electrons. The fraction of sp³-hybridized carbons (Fsp3) is 0.462. The van der Waals surface area contributed by atoms with Crippen LogP contribution in [0.5, 0.6) is 5.75 Å². The van der Waals surface area contributed by atoms with E-state index in [1.165, 1.54) is 24.1 Å². The summed E-state index contributed by atoms with van der Waals surface area (Å²) in [6, 6.07) is 10.1. The lowest BCUT2D eigenvalue weighted by atomic mass is 10.1. The molecule has 1 aliphatic carbocycles. The summed E-state index contributed by atoms with van der Waals surface area (Å²) in [7, 11) is -2.79. The number of nitro benzene ring substituents is 1. The van der Waals surface area contributed by atoms with Crippen molar-refractivity contribution in [3.63, 3.8) is 0 Å². The number of sulfonamides is 1. The zero-order valence-corrected chi connectivity index (χ0v) is 22.9. The molecule has 38 heavy (non-hydrogen) atoms. The van der Waals surface area contributed by atoms with Gasteiger partial charge in [0.05, 0.1) is 18.3 Å². The molecule has 0 radical (unpaired) electrons. The number of amides is 2. The number of ether oxygens (including phenoxy) is 1. The number of nitrogens with one attached hydrogen (secondary N) is 1. The molecule has 0 aromatic heterocycles. The van der Waals surface area contributed by atoms with E-state index < -0.39 is 33.4 Å². The van der Waals surface area contributed by atoms with Gasteiger partial charge in [-0.1, -0.05) is 37.1 Å². The molecule has 3 rings (SSSR count). The number of rotatable bonds is 11. The number of benzene rings is 2. The van der Waals surface area contributed by atoms with Gasteiger partial charge in [0.25, 0.3) is 5.69 Å². The van der Waals surface area contributed by atoms with Gasteiger partial charge < -0.3 is 15.0 Å². The van der Waals surface area contributed by atoms with E-state index in [2.05, 4.69) is 5.32 Å². The molecular formula is C26H34N4O7S. The minimum Gasteiger partial charge on any atom is -0.495 e. The van der Waals surface area contributed by atoms with Gasteiger partial charge in [-0.25, -0.2) is 8.42 Å². The first kappa shape index (κ1) is 28.9. The number of hydrogen-bond donors (Lipinski definition) is 1. The van der Waals surface area contributed by atoms with E-state index in [0.717, 1.165) is 53.4 Å². The van der Waals surface area contributed by atoms with E-state index in [4.69, 9.17) is 4.74 Å². The summed E-state index contributed by atoms with van der Waals surface area (Å²) in [5.74, 6) is -0.912. The van der Waals surface area contributed by atoms with Crippen molar-refractivity contribution in [3.05, 3.63) is 63.7 Å². The summed E-state index contributed by atoms with van der Waals surface area (Å²) >= 11 is 0. The van der Waals surface area contributed by atoms with Gasteiger partial charge in [-0.2, -0.15) is 0 Å². The van der Waals surface area contributed by atoms with Crippen LogP contribution in [0.2, 0.25) is 0 Å². The largest absolute Gasteiger partial charge is 0.495 e. The van der Waals surface area contributed by atoms with E-state index >= 15 is 0 Å². The Hall–Kier alpha value is -3.67. The molecule has 12 heteroatoms. The molecule has 11 nitrogen and oxygen atoms in total. The van der Waals surface area contributed by atoms with Gasteiger partial charge in [0.15, 0.2) is 0 Å². The lowest BCUT2D eigenvalue weighted by Gasteiger charge is -2.32. The monoisotopic (exact) mass is 546 g/mol. The maximum Gasteiger partial charge on any atom is 0.271 e. The average Bonchev–Trinajstić information content (AvgIpc) is 3.38. The van der Waals surface area contributed by atoms with Crippen LogP contribution in [0.1, 0.15) is 43.7 Å². The molecule has 0 aliphatic heterocycles. The highest BCUT2D eigenvalue weighted by Gasteiger charge is 2.33. The van der Waals surface area contributed by atoms with Crippen molar-refractivity contribution >= 4 is 33.2 Å². The van der Waals surface area contributed by atoms with Crippen LogP contribution in [-0.2, 0) is 26.2 Å². The summed E-state index contributed by atoms with van der Waals surface area (Å²) in [5.41, 5.74) is 1.22. The smallest absolute Gasteiger partial charge is 0.271 e. The number of methoxy groups -OCH3 is 1. The Morgan fingerprint density at radius 2 is 1.84 bits per heavy atom. The highest BCUT2D eigenvalue weighted by atomic mass is 32.2. The molecule has 2 amide bonds. The maximum atomic E-state index is 13.8. The van der Waals surface area contributed by atoms with Gasteiger partial charge in [0.2, 0.25) is 21.8 Å². The predicted molar refractivity (Wildman–Crippen MR) is 143 cm³/mol. The number of carbonyl (C=O) groups is 2. The molecule has 2 aromatic carbocycles. The molecule has 0 saturated heterocycles. The van der Waals surface area contributed by atoms with Crippen molar-refractivity contribution in [1.29, 1.82) is 0 Å². The third-order valence-electron chi connectivity index (χ3n) is 6.79. The lowest BCUT2D eigenvalue weighted by Crippen LogP contribution is -2.52. The second-order valence-corrected chi connectivity index (χ2v) is 11.4. The van der Waals surface area contributed by atoms with Crippen LogP contribution < -0.4 is 14.4 Å². The molecule has 0 spiro atoms. The first-order chi connectivity index (χ1) is 17.9. The number of aryl methyl sites for hydroxylation is 1. The van der Waals surface area contributed by atoms with Gasteiger partial charge in [0.1, 0.15) is 24.0 Å². The summed E-state index contributed by atoms with van der Waals surface area (Å²) < 4.78 is 31.7. The molecule has 1 saturated carbocycles. The average molecular weight is 547 g/mol. The SMILES string of the molecule is COc1ccc([N+](=O)[O-])cc1N(CC(=O)N(Cc1ccccc1C)C(C)C(=O)NC1CCCC1)S(C)(=O)=O. The van der Waals surface area contributed by atoms with E-state index in [0.29, 0.717) is 0 Å². The van der Waals surface area contributed by atoms with E-state index in [-0.39, 0.29) is 35.6 Å². The minimum atomic E-state index is -4.08. The number of carbonyl (C=O) groups excluding carboxylic acids is 2. The summed E-state index contributed by atoms with van der Waals surface area (Å²) in [6.45, 7) is 2.90. The van der Waals surface area contributed by atoms with Gasteiger partial charge in [-0.15, -0.1) is 0 Å². The van der Waals surface area contributed by atoms with Gasteiger partial charge in [-0.05, 0) is 43.9 Å². The number of nitrogens with zero attached hydrogens (tertiary/aromatic N) is 3. The number of anilines is 1. The van der Waals surface area contributed by atoms with E-state index in [9.17, 15) is 28.1 Å². The summed E-state index contributed by atoms with van der Waals surface area (Å²) in [6.07, 6.45) is 4.71. The zero-order chi connectivity index (χ0) is 28.0. The quantitative estimate of drug-likeness (QED) is 0.337. The Morgan fingerprint density at radius 1 is 1.18 bits per heavy atom. The van der Waals surface area contributed by atoms with Crippen LogP contribution in [0.15, 0.2) is 42.5 Å². The third-order valence-corrected chi connectivity index (χ3v) is 7.92. The van der Waals surface area contributed by atoms with E-state index in [1.807, 2.05) is 31.2 Å². The van der Waals surface area contributed by atoms with Crippen molar-refractivity contribution in [3.8, 4) is 5.75 Å². The van der Waals surface area contributed by atoms with Gasteiger partial charge in [0, 0.05) is 24.7 Å². The fourth-order valence-corrected chi connectivity index (χ4v) is 5.37. The van der Waals surface area contributed by atoms with Crippen molar-refractivity contribution in [2.45, 2.75) is 58.2 Å². The van der Waals surface area contributed by atoms with Crippen LogP contribution in [0.4, 0.5) is 11.4 Å². The Labute approximate surface area is 223 Å². The van der Waals surface area contributed by atoms with Crippen LogP contribution in [0.25, 0.3) is 0 Å². The Bertz CT molecular complexity index is 1290. The van der Waals surface area contributed by atoms with Crippen molar-refractivity contribution in [2.75, 3.05) is 24.2 Å². The summed E-state index contributed by atoms with van der Waals surface area (Å²) in [4.78, 5) is 39.0. The first-order valence-corrected chi connectivity index (χ1v) is 14.2. The number of non-ortho nitro benzene ring substituents is 1. The van der Waals surface area contributed by atoms with E-state index in [1.54, 1.807) is 6.92 Å². The lowest BCUT2D eigenvalue weighted by molar-refractivity contribution is -0.384. The Balaban J connectivity index is 1.98. The fourth-order valence-electron chi connectivity index (χ4n) is 4.53. The standard InChI is InChI=1S/C26H34N4O7S/c1-18-9-5-6-10-20(18)16-28(19(2)26(32)27-21-11-7-8-12-21)25(31)17-29(38(4,35)36)23-15-22(30(33)34)13-14-24(23)37-3/h5-6,9-10,13-15,19,21H,7-8,11-12,16-17H2,1-4H3,(H,27,32). The topological polar surface area (TPSA) is 139 Å². The number of hydrogen-bond acceptors (Lipinski definition) is 7. The van der Waals surface area contributed by atoms with Crippen LogP contribution in [0, 0.1) is 17.0 Å². The highest BCUT2D eigenvalue weighted by molar-refractivity contribution is 7.92. The molecule has 1 fully saturated rings. The number of nitro groups is 1.